The quantitative estimate of drug-likeness (QED) is 0.754. The van der Waals surface area contributed by atoms with Gasteiger partial charge < -0.3 is 5.32 Å². The largest absolute Gasteiger partial charge is 0.312 e. The van der Waals surface area contributed by atoms with Gasteiger partial charge in [0.25, 0.3) is 0 Å². The third-order valence-corrected chi connectivity index (χ3v) is 3.21. The topological polar surface area (TPSA) is 24.9 Å². The fraction of sp³-hybridized carbons (Fsp3) is 0.750. The Morgan fingerprint density at radius 1 is 1.40 bits per heavy atom. The van der Waals surface area contributed by atoms with Gasteiger partial charge in [0.2, 0.25) is 0 Å². The van der Waals surface area contributed by atoms with E-state index >= 15 is 0 Å². The third kappa shape index (κ3) is 4.31. The highest BCUT2D eigenvalue weighted by Gasteiger charge is 2.09. The Kier molecular flexibility index (Phi) is 5.26. The summed E-state index contributed by atoms with van der Waals surface area (Å²) >= 11 is 1.83. The first-order valence-electron chi connectivity index (χ1n) is 5.79. The molecule has 15 heavy (non-hydrogen) atoms. The molecule has 0 saturated carbocycles. The van der Waals surface area contributed by atoms with E-state index in [0.717, 1.165) is 19.5 Å². The van der Waals surface area contributed by atoms with Crippen molar-refractivity contribution in [1.82, 2.24) is 10.3 Å². The van der Waals surface area contributed by atoms with E-state index in [1.54, 1.807) is 0 Å². The predicted octanol–water partition coefficient (Wildman–Crippen LogP) is 3.15. The lowest BCUT2D eigenvalue weighted by Crippen LogP contribution is -2.14. The molecule has 0 radical (unpaired) electrons. The molecular formula is C12H22N2S. The van der Waals surface area contributed by atoms with Crippen molar-refractivity contribution >= 4 is 11.3 Å². The summed E-state index contributed by atoms with van der Waals surface area (Å²) in [5.74, 6) is 0.691. The van der Waals surface area contributed by atoms with E-state index in [9.17, 15) is 0 Å². The molecule has 0 unspecified atom stereocenters. The van der Waals surface area contributed by atoms with E-state index < -0.39 is 0 Å². The second-order valence-electron chi connectivity index (χ2n) is 4.38. The van der Waals surface area contributed by atoms with Crippen molar-refractivity contribution in [3.63, 3.8) is 0 Å². The summed E-state index contributed by atoms with van der Waals surface area (Å²) < 4.78 is 0. The van der Waals surface area contributed by atoms with Crippen LogP contribution in [0.4, 0.5) is 0 Å². The molecule has 0 aliphatic rings. The molecule has 2 nitrogen and oxygen atoms in total. The Morgan fingerprint density at radius 2 is 2.13 bits per heavy atom. The molecular weight excluding hydrogens is 204 g/mol. The van der Waals surface area contributed by atoms with Crippen LogP contribution < -0.4 is 5.32 Å². The number of hydrogen-bond donors (Lipinski definition) is 1. The van der Waals surface area contributed by atoms with E-state index in [1.807, 2.05) is 11.3 Å². The van der Waals surface area contributed by atoms with Crippen molar-refractivity contribution in [3.05, 3.63) is 15.6 Å². The molecule has 1 aromatic heterocycles. The molecule has 0 aliphatic heterocycles. The zero-order chi connectivity index (χ0) is 11.3. The van der Waals surface area contributed by atoms with E-state index in [1.165, 1.54) is 22.0 Å². The van der Waals surface area contributed by atoms with Crippen molar-refractivity contribution in [2.45, 2.75) is 47.1 Å². The number of nitrogens with one attached hydrogen (secondary N) is 1. The third-order valence-electron chi connectivity index (χ3n) is 2.20. The second-order valence-corrected chi connectivity index (χ2v) is 5.67. The lowest BCUT2D eigenvalue weighted by molar-refractivity contribution is 0.622. The van der Waals surface area contributed by atoms with Crippen LogP contribution >= 0.6 is 11.3 Å². The maximum atomic E-state index is 4.61. The number of hydrogen-bond acceptors (Lipinski definition) is 3. The molecule has 0 aromatic carbocycles. The van der Waals surface area contributed by atoms with Crippen LogP contribution in [0.15, 0.2) is 0 Å². The SMILES string of the molecule is CCCNCc1sc(C)nc1CC(C)C. The smallest absolute Gasteiger partial charge is 0.0900 e. The molecule has 86 valence electrons. The summed E-state index contributed by atoms with van der Waals surface area (Å²) in [4.78, 5) is 6.03. The molecule has 3 heteroatoms. The van der Waals surface area contributed by atoms with Gasteiger partial charge in [0, 0.05) is 11.4 Å². The van der Waals surface area contributed by atoms with Crippen LogP contribution in [0.3, 0.4) is 0 Å². The summed E-state index contributed by atoms with van der Waals surface area (Å²) in [6.07, 6.45) is 2.30. The number of rotatable bonds is 6. The number of thiazole rings is 1. The molecule has 0 bridgehead atoms. The number of nitrogens with zero attached hydrogens (tertiary/aromatic N) is 1. The van der Waals surface area contributed by atoms with Crippen LogP contribution in [0.1, 0.15) is 42.8 Å². The first kappa shape index (κ1) is 12.7. The van der Waals surface area contributed by atoms with E-state index in [2.05, 4.69) is 38.0 Å². The van der Waals surface area contributed by atoms with Crippen LogP contribution in [-0.4, -0.2) is 11.5 Å². The molecule has 0 spiro atoms. The second kappa shape index (κ2) is 6.23. The zero-order valence-corrected chi connectivity index (χ0v) is 11.1. The van der Waals surface area contributed by atoms with Crippen molar-refractivity contribution in [2.24, 2.45) is 5.92 Å². The summed E-state index contributed by atoms with van der Waals surface area (Å²) in [5.41, 5.74) is 1.30. The van der Waals surface area contributed by atoms with Gasteiger partial charge in [0.1, 0.15) is 0 Å². The molecule has 0 aliphatic carbocycles. The fourth-order valence-electron chi connectivity index (χ4n) is 1.58. The standard InChI is InChI=1S/C12H22N2S/c1-5-6-13-8-12-11(7-9(2)3)14-10(4)15-12/h9,13H,5-8H2,1-4H3. The average molecular weight is 226 g/mol. The summed E-state index contributed by atoms with van der Waals surface area (Å²) in [7, 11) is 0. The average Bonchev–Trinajstić information content (AvgIpc) is 2.46. The van der Waals surface area contributed by atoms with Gasteiger partial charge in [-0.2, -0.15) is 0 Å². The summed E-state index contributed by atoms with van der Waals surface area (Å²) in [6, 6.07) is 0. The Labute approximate surface area is 97.1 Å². The summed E-state index contributed by atoms with van der Waals surface area (Å²) in [6.45, 7) is 10.9. The Morgan fingerprint density at radius 3 is 2.73 bits per heavy atom. The molecule has 1 heterocycles. The van der Waals surface area contributed by atoms with Gasteiger partial charge in [-0.1, -0.05) is 20.8 Å². The highest BCUT2D eigenvalue weighted by atomic mass is 32.1. The van der Waals surface area contributed by atoms with Crippen LogP contribution in [0.25, 0.3) is 0 Å². The first-order valence-corrected chi connectivity index (χ1v) is 6.61. The minimum absolute atomic E-state index is 0.691. The van der Waals surface area contributed by atoms with Crippen molar-refractivity contribution in [1.29, 1.82) is 0 Å². The summed E-state index contributed by atoms with van der Waals surface area (Å²) in [5, 5.41) is 4.64. The van der Waals surface area contributed by atoms with E-state index in [0.29, 0.717) is 5.92 Å². The van der Waals surface area contributed by atoms with Gasteiger partial charge in [-0.25, -0.2) is 4.98 Å². The molecule has 0 fully saturated rings. The van der Waals surface area contributed by atoms with Gasteiger partial charge in [-0.15, -0.1) is 11.3 Å². The predicted molar refractivity (Wildman–Crippen MR) is 67.4 cm³/mol. The Balaban J connectivity index is 2.59. The van der Waals surface area contributed by atoms with Gasteiger partial charge >= 0.3 is 0 Å². The van der Waals surface area contributed by atoms with Crippen LogP contribution in [0, 0.1) is 12.8 Å². The maximum Gasteiger partial charge on any atom is 0.0900 e. The van der Waals surface area contributed by atoms with Crippen molar-refractivity contribution in [3.8, 4) is 0 Å². The lowest BCUT2D eigenvalue weighted by atomic mass is 10.1. The van der Waals surface area contributed by atoms with Crippen molar-refractivity contribution in [2.75, 3.05) is 6.54 Å². The van der Waals surface area contributed by atoms with Gasteiger partial charge in [0.15, 0.2) is 0 Å². The molecule has 1 rings (SSSR count). The highest BCUT2D eigenvalue weighted by molar-refractivity contribution is 7.11. The van der Waals surface area contributed by atoms with Gasteiger partial charge in [-0.05, 0) is 32.2 Å². The van der Waals surface area contributed by atoms with Crippen LogP contribution in [-0.2, 0) is 13.0 Å². The van der Waals surface area contributed by atoms with Gasteiger partial charge in [0.05, 0.1) is 10.7 Å². The Hall–Kier alpha value is -0.410. The monoisotopic (exact) mass is 226 g/mol. The van der Waals surface area contributed by atoms with E-state index in [4.69, 9.17) is 0 Å². The fourth-order valence-corrected chi connectivity index (χ4v) is 2.51. The minimum Gasteiger partial charge on any atom is -0.312 e. The molecule has 1 aromatic rings. The maximum absolute atomic E-state index is 4.61. The first-order chi connectivity index (χ1) is 7.13. The molecule has 0 amide bonds. The number of aromatic nitrogens is 1. The lowest BCUT2D eigenvalue weighted by Gasteiger charge is -2.05. The van der Waals surface area contributed by atoms with Crippen LogP contribution in [0.5, 0.6) is 0 Å². The normalized spacial score (nSPS) is 11.3. The van der Waals surface area contributed by atoms with E-state index in [-0.39, 0.29) is 0 Å². The Bertz CT molecular complexity index is 292. The molecule has 0 saturated heterocycles. The minimum atomic E-state index is 0.691. The molecule has 0 atom stereocenters. The van der Waals surface area contributed by atoms with Crippen molar-refractivity contribution < 1.29 is 0 Å². The van der Waals surface area contributed by atoms with Crippen LogP contribution in [0.2, 0.25) is 0 Å². The zero-order valence-electron chi connectivity index (χ0n) is 10.3. The highest BCUT2D eigenvalue weighted by Crippen LogP contribution is 2.20. The van der Waals surface area contributed by atoms with Gasteiger partial charge in [-0.3, -0.25) is 0 Å². The number of aryl methyl sites for hydroxylation is 1. The molecule has 1 N–H and O–H groups in total.